The Hall–Kier alpha value is -1.84. The molecule has 0 N–H and O–H groups in total. The van der Waals surface area contributed by atoms with Gasteiger partial charge < -0.3 is 9.64 Å². The van der Waals surface area contributed by atoms with Crippen molar-refractivity contribution in [1.29, 1.82) is 0 Å². The molecule has 1 aliphatic heterocycles. The molecule has 4 heteroatoms. The van der Waals surface area contributed by atoms with Gasteiger partial charge in [0.05, 0.1) is 13.2 Å². The van der Waals surface area contributed by atoms with Crippen LogP contribution in [-0.2, 0) is 11.3 Å². The Kier molecular flexibility index (Phi) is 5.89. The quantitative estimate of drug-likeness (QED) is 0.804. The molecule has 0 aliphatic carbocycles. The van der Waals surface area contributed by atoms with Gasteiger partial charge in [0, 0.05) is 23.7 Å². The standard InChI is InChI=1S/C20H22ClNO2/c21-19-10-8-18(9-11-19)20(23)22-12-4-7-17(13-22)15-24-14-16-5-2-1-3-6-16/h1-3,5-6,8-11,17H,4,7,12-15H2. The molecule has 1 atom stereocenters. The largest absolute Gasteiger partial charge is 0.376 e. The van der Waals surface area contributed by atoms with Crippen LogP contribution in [0.5, 0.6) is 0 Å². The first kappa shape index (κ1) is 17.0. The Morgan fingerprint density at radius 3 is 2.62 bits per heavy atom. The third kappa shape index (κ3) is 4.59. The van der Waals surface area contributed by atoms with Crippen molar-refractivity contribution in [3.8, 4) is 0 Å². The smallest absolute Gasteiger partial charge is 0.253 e. The number of rotatable bonds is 5. The second-order valence-electron chi connectivity index (χ2n) is 6.27. The summed E-state index contributed by atoms with van der Waals surface area (Å²) in [5, 5.41) is 0.650. The van der Waals surface area contributed by atoms with Gasteiger partial charge in [0.2, 0.25) is 0 Å². The summed E-state index contributed by atoms with van der Waals surface area (Å²) < 4.78 is 5.85. The fourth-order valence-electron chi connectivity index (χ4n) is 3.08. The van der Waals surface area contributed by atoms with Crippen molar-refractivity contribution < 1.29 is 9.53 Å². The molecule has 1 saturated heterocycles. The molecule has 0 saturated carbocycles. The Bertz CT molecular complexity index is 657. The molecule has 3 nitrogen and oxygen atoms in total. The first-order chi connectivity index (χ1) is 11.7. The summed E-state index contributed by atoms with van der Waals surface area (Å²) in [5.74, 6) is 0.484. The predicted octanol–water partition coefficient (Wildman–Crippen LogP) is 4.41. The van der Waals surface area contributed by atoms with E-state index in [1.54, 1.807) is 24.3 Å². The summed E-state index contributed by atoms with van der Waals surface area (Å²) >= 11 is 5.89. The van der Waals surface area contributed by atoms with Crippen LogP contribution >= 0.6 is 11.6 Å². The summed E-state index contributed by atoms with van der Waals surface area (Å²) in [6, 6.07) is 17.3. The number of carbonyl (C=O) groups excluding carboxylic acids is 1. The minimum absolute atomic E-state index is 0.0828. The summed E-state index contributed by atoms with van der Waals surface area (Å²) in [5.41, 5.74) is 1.88. The zero-order valence-electron chi connectivity index (χ0n) is 13.7. The van der Waals surface area contributed by atoms with Crippen LogP contribution in [0.15, 0.2) is 54.6 Å². The lowest BCUT2D eigenvalue weighted by molar-refractivity contribution is 0.0425. The number of halogens is 1. The molecule has 0 radical (unpaired) electrons. The fourth-order valence-corrected chi connectivity index (χ4v) is 3.20. The van der Waals surface area contributed by atoms with Crippen LogP contribution in [0.1, 0.15) is 28.8 Å². The van der Waals surface area contributed by atoms with E-state index in [0.29, 0.717) is 29.7 Å². The molecule has 0 aromatic heterocycles. The van der Waals surface area contributed by atoms with Gasteiger partial charge in [-0.15, -0.1) is 0 Å². The Morgan fingerprint density at radius 2 is 1.88 bits per heavy atom. The van der Waals surface area contributed by atoms with Gasteiger partial charge in [-0.3, -0.25) is 4.79 Å². The van der Waals surface area contributed by atoms with Crippen molar-refractivity contribution in [3.63, 3.8) is 0 Å². The average molecular weight is 344 g/mol. The van der Waals surface area contributed by atoms with Gasteiger partial charge in [0.15, 0.2) is 0 Å². The average Bonchev–Trinajstić information content (AvgIpc) is 2.63. The Morgan fingerprint density at radius 1 is 1.12 bits per heavy atom. The van der Waals surface area contributed by atoms with Gasteiger partial charge in [-0.05, 0) is 48.6 Å². The SMILES string of the molecule is O=C(c1ccc(Cl)cc1)N1CCCC(COCc2ccccc2)C1. The lowest BCUT2D eigenvalue weighted by Crippen LogP contribution is -2.41. The second-order valence-corrected chi connectivity index (χ2v) is 6.70. The molecule has 2 aromatic carbocycles. The minimum Gasteiger partial charge on any atom is -0.376 e. The lowest BCUT2D eigenvalue weighted by Gasteiger charge is -2.32. The molecule has 126 valence electrons. The summed E-state index contributed by atoms with van der Waals surface area (Å²) in [7, 11) is 0. The van der Waals surface area contributed by atoms with E-state index in [1.807, 2.05) is 23.1 Å². The summed E-state index contributed by atoms with van der Waals surface area (Å²) in [6.07, 6.45) is 2.14. The van der Waals surface area contributed by atoms with Crippen LogP contribution < -0.4 is 0 Å². The number of hydrogen-bond acceptors (Lipinski definition) is 2. The number of carbonyl (C=O) groups is 1. The first-order valence-electron chi connectivity index (χ1n) is 8.39. The van der Waals surface area contributed by atoms with E-state index in [4.69, 9.17) is 16.3 Å². The molecule has 1 unspecified atom stereocenters. The van der Waals surface area contributed by atoms with Crippen molar-refractivity contribution in [3.05, 3.63) is 70.7 Å². The predicted molar refractivity (Wildman–Crippen MR) is 96.2 cm³/mol. The zero-order valence-corrected chi connectivity index (χ0v) is 14.4. The van der Waals surface area contributed by atoms with Gasteiger partial charge >= 0.3 is 0 Å². The van der Waals surface area contributed by atoms with Crippen molar-refractivity contribution in [2.45, 2.75) is 19.4 Å². The van der Waals surface area contributed by atoms with Crippen LogP contribution in [0.2, 0.25) is 5.02 Å². The van der Waals surface area contributed by atoms with Crippen LogP contribution in [0.25, 0.3) is 0 Å². The lowest BCUT2D eigenvalue weighted by atomic mass is 9.98. The molecule has 0 bridgehead atoms. The van der Waals surface area contributed by atoms with Crippen molar-refractivity contribution in [2.75, 3.05) is 19.7 Å². The summed E-state index contributed by atoms with van der Waals surface area (Å²) in [4.78, 5) is 14.5. The van der Waals surface area contributed by atoms with Gasteiger partial charge in [-0.1, -0.05) is 41.9 Å². The van der Waals surface area contributed by atoms with E-state index in [2.05, 4.69) is 12.1 Å². The third-order valence-electron chi connectivity index (χ3n) is 4.36. The number of hydrogen-bond donors (Lipinski definition) is 0. The topological polar surface area (TPSA) is 29.5 Å². The van der Waals surface area contributed by atoms with E-state index >= 15 is 0 Å². The third-order valence-corrected chi connectivity index (χ3v) is 4.61. The maximum atomic E-state index is 12.6. The molecule has 2 aromatic rings. The fraction of sp³-hybridized carbons (Fsp3) is 0.350. The highest BCUT2D eigenvalue weighted by atomic mass is 35.5. The van der Waals surface area contributed by atoms with Crippen LogP contribution in [-0.4, -0.2) is 30.5 Å². The van der Waals surface area contributed by atoms with E-state index in [9.17, 15) is 4.79 Å². The van der Waals surface area contributed by atoms with Gasteiger partial charge in [0.1, 0.15) is 0 Å². The van der Waals surface area contributed by atoms with Crippen LogP contribution in [0.4, 0.5) is 0 Å². The molecular weight excluding hydrogens is 322 g/mol. The molecular formula is C20H22ClNO2. The number of piperidine rings is 1. The van der Waals surface area contributed by atoms with Crippen molar-refractivity contribution in [2.24, 2.45) is 5.92 Å². The molecule has 1 aliphatic rings. The van der Waals surface area contributed by atoms with E-state index in [0.717, 1.165) is 25.9 Å². The molecule has 3 rings (SSSR count). The number of likely N-dealkylation sites (tertiary alicyclic amines) is 1. The second kappa shape index (κ2) is 8.32. The molecule has 0 spiro atoms. The first-order valence-corrected chi connectivity index (χ1v) is 8.76. The number of benzene rings is 2. The zero-order chi connectivity index (χ0) is 16.8. The van der Waals surface area contributed by atoms with Crippen LogP contribution in [0.3, 0.4) is 0 Å². The van der Waals surface area contributed by atoms with Crippen LogP contribution in [0, 0.1) is 5.92 Å². The molecule has 1 fully saturated rings. The van der Waals surface area contributed by atoms with Gasteiger partial charge in [-0.25, -0.2) is 0 Å². The maximum absolute atomic E-state index is 12.6. The highest BCUT2D eigenvalue weighted by molar-refractivity contribution is 6.30. The van der Waals surface area contributed by atoms with Crippen molar-refractivity contribution >= 4 is 17.5 Å². The highest BCUT2D eigenvalue weighted by Gasteiger charge is 2.24. The normalized spacial score (nSPS) is 17.7. The molecule has 1 heterocycles. The monoisotopic (exact) mass is 343 g/mol. The highest BCUT2D eigenvalue weighted by Crippen LogP contribution is 2.20. The Labute approximate surface area is 148 Å². The van der Waals surface area contributed by atoms with E-state index in [1.165, 1.54) is 5.56 Å². The Balaban J connectivity index is 1.50. The molecule has 1 amide bonds. The molecule has 24 heavy (non-hydrogen) atoms. The van der Waals surface area contributed by atoms with Crippen molar-refractivity contribution in [1.82, 2.24) is 4.90 Å². The number of ether oxygens (including phenoxy) is 1. The summed E-state index contributed by atoms with van der Waals surface area (Å²) in [6.45, 7) is 2.90. The maximum Gasteiger partial charge on any atom is 0.253 e. The number of nitrogens with zero attached hydrogens (tertiary/aromatic N) is 1. The van der Waals surface area contributed by atoms with Gasteiger partial charge in [0.25, 0.3) is 5.91 Å². The van der Waals surface area contributed by atoms with E-state index in [-0.39, 0.29) is 5.91 Å². The number of amides is 1. The van der Waals surface area contributed by atoms with Gasteiger partial charge in [-0.2, -0.15) is 0 Å². The van der Waals surface area contributed by atoms with E-state index < -0.39 is 0 Å². The minimum atomic E-state index is 0.0828.